The molecule has 3 aromatic rings. The van der Waals surface area contributed by atoms with Crippen molar-refractivity contribution in [2.45, 2.75) is 35.8 Å². The van der Waals surface area contributed by atoms with Gasteiger partial charge in [-0.05, 0) is 30.4 Å². The van der Waals surface area contributed by atoms with Gasteiger partial charge in [-0.15, -0.1) is 23.1 Å². The second-order valence-electron chi connectivity index (χ2n) is 6.89. The molecule has 2 aromatic heterocycles. The first-order valence-corrected chi connectivity index (χ1v) is 11.2. The number of carbonyl (C=O) groups is 2. The molecule has 0 bridgehead atoms. The molecule has 28 heavy (non-hydrogen) atoms. The van der Waals surface area contributed by atoms with E-state index in [0.29, 0.717) is 24.6 Å². The highest BCUT2D eigenvalue weighted by Gasteiger charge is 2.29. The van der Waals surface area contributed by atoms with Gasteiger partial charge in [0.15, 0.2) is 5.76 Å². The van der Waals surface area contributed by atoms with E-state index in [1.54, 1.807) is 23.1 Å². The number of furan rings is 1. The number of thiophene rings is 1. The van der Waals surface area contributed by atoms with Gasteiger partial charge in [-0.25, -0.2) is 0 Å². The molecule has 146 valence electrons. The van der Waals surface area contributed by atoms with E-state index < -0.39 is 0 Å². The summed E-state index contributed by atoms with van der Waals surface area (Å²) in [5.74, 6) is 1.07. The van der Waals surface area contributed by atoms with Gasteiger partial charge in [0.1, 0.15) is 5.58 Å². The summed E-state index contributed by atoms with van der Waals surface area (Å²) in [5, 5.41) is 6.01. The average molecular weight is 415 g/mol. The number of nitrogens with one attached hydrogen (secondary N) is 1. The molecular weight excluding hydrogens is 392 g/mol. The predicted molar refractivity (Wildman–Crippen MR) is 113 cm³/mol. The highest BCUT2D eigenvalue weighted by atomic mass is 32.2. The van der Waals surface area contributed by atoms with E-state index in [-0.39, 0.29) is 17.9 Å². The maximum absolute atomic E-state index is 13.2. The smallest absolute Gasteiger partial charge is 0.289 e. The van der Waals surface area contributed by atoms with Crippen LogP contribution in [0.15, 0.2) is 50.4 Å². The number of benzene rings is 1. The quantitative estimate of drug-likeness (QED) is 0.623. The number of amides is 2. The molecular formula is C21H22N2O3S2. The maximum Gasteiger partial charge on any atom is 0.289 e. The molecule has 5 nitrogen and oxygen atoms in total. The van der Waals surface area contributed by atoms with Crippen molar-refractivity contribution in [2.75, 3.05) is 13.1 Å². The lowest BCUT2D eigenvalue weighted by atomic mass is 10.0. The number of fused-ring (bicyclic) bond motifs is 1. The highest BCUT2D eigenvalue weighted by molar-refractivity contribution is 8.00. The van der Waals surface area contributed by atoms with Gasteiger partial charge in [0, 0.05) is 42.8 Å². The van der Waals surface area contributed by atoms with Gasteiger partial charge in [-0.1, -0.05) is 24.3 Å². The van der Waals surface area contributed by atoms with E-state index in [1.807, 2.05) is 35.2 Å². The van der Waals surface area contributed by atoms with E-state index in [0.717, 1.165) is 29.4 Å². The summed E-state index contributed by atoms with van der Waals surface area (Å²) in [6.45, 7) is 2.78. The largest absolute Gasteiger partial charge is 0.451 e. The van der Waals surface area contributed by atoms with Crippen LogP contribution in [-0.4, -0.2) is 35.8 Å². The number of para-hydroxylation sites is 1. The molecule has 4 rings (SSSR count). The summed E-state index contributed by atoms with van der Waals surface area (Å²) >= 11 is 3.43. The fourth-order valence-electron chi connectivity index (χ4n) is 3.56. The van der Waals surface area contributed by atoms with Crippen molar-refractivity contribution >= 4 is 45.9 Å². The van der Waals surface area contributed by atoms with E-state index in [1.165, 1.54) is 11.1 Å². The zero-order valence-corrected chi connectivity index (χ0v) is 17.3. The first-order chi connectivity index (χ1) is 13.6. The number of hydrogen-bond donors (Lipinski definition) is 1. The van der Waals surface area contributed by atoms with Gasteiger partial charge in [-0.2, -0.15) is 0 Å². The number of carbonyl (C=O) groups excluding carboxylic acids is 2. The molecule has 1 aromatic carbocycles. The third-order valence-electron chi connectivity index (χ3n) is 4.94. The monoisotopic (exact) mass is 414 g/mol. The molecule has 3 heterocycles. The normalized spacial score (nSPS) is 15.1. The van der Waals surface area contributed by atoms with Gasteiger partial charge in [-0.3, -0.25) is 9.59 Å². The van der Waals surface area contributed by atoms with E-state index in [9.17, 15) is 9.59 Å². The third kappa shape index (κ3) is 4.10. The Hall–Kier alpha value is -2.25. The molecule has 0 saturated carbocycles. The Morgan fingerprint density at radius 3 is 2.71 bits per heavy atom. The molecule has 1 N–H and O–H groups in total. The van der Waals surface area contributed by atoms with Crippen molar-refractivity contribution in [1.29, 1.82) is 0 Å². The molecule has 1 saturated heterocycles. The van der Waals surface area contributed by atoms with Gasteiger partial charge < -0.3 is 14.6 Å². The second kappa shape index (κ2) is 8.41. The van der Waals surface area contributed by atoms with Crippen molar-refractivity contribution in [3.8, 4) is 0 Å². The lowest BCUT2D eigenvalue weighted by Gasteiger charge is -2.31. The Balaban J connectivity index is 1.54. The van der Waals surface area contributed by atoms with E-state index in [4.69, 9.17) is 4.42 Å². The van der Waals surface area contributed by atoms with Crippen LogP contribution >= 0.6 is 23.1 Å². The zero-order valence-electron chi connectivity index (χ0n) is 15.6. The fraction of sp³-hybridized carbons (Fsp3) is 0.333. The number of likely N-dealkylation sites (tertiary alicyclic amines) is 1. The minimum atomic E-state index is -0.0562. The van der Waals surface area contributed by atoms with Crippen molar-refractivity contribution in [3.05, 3.63) is 53.1 Å². The number of rotatable bonds is 5. The molecule has 0 unspecified atom stereocenters. The molecule has 0 atom stereocenters. The van der Waals surface area contributed by atoms with Crippen LogP contribution in [0, 0.1) is 0 Å². The minimum absolute atomic E-state index is 0.0186. The van der Waals surface area contributed by atoms with E-state index >= 15 is 0 Å². The third-order valence-corrected chi connectivity index (χ3v) is 7.09. The lowest BCUT2D eigenvalue weighted by molar-refractivity contribution is -0.119. The minimum Gasteiger partial charge on any atom is -0.451 e. The maximum atomic E-state index is 13.2. The SMILES string of the molecule is CC(=O)NC1CCN(C(=O)c2oc3ccccc3c2CSc2cccs2)CC1. The van der Waals surface area contributed by atoms with E-state index in [2.05, 4.69) is 16.8 Å². The fourth-order valence-corrected chi connectivity index (χ4v) is 5.37. The Morgan fingerprint density at radius 1 is 1.21 bits per heavy atom. The molecule has 0 spiro atoms. The van der Waals surface area contributed by atoms with Crippen molar-refractivity contribution in [2.24, 2.45) is 0 Å². The summed E-state index contributed by atoms with van der Waals surface area (Å²) in [6.07, 6.45) is 1.54. The molecule has 1 aliphatic rings. The zero-order chi connectivity index (χ0) is 19.5. The summed E-state index contributed by atoms with van der Waals surface area (Å²) < 4.78 is 7.23. The average Bonchev–Trinajstić information content (AvgIpc) is 3.33. The van der Waals surface area contributed by atoms with Crippen LogP contribution in [0.25, 0.3) is 11.0 Å². The Labute approximate surface area is 172 Å². The Bertz CT molecular complexity index is 973. The van der Waals surface area contributed by atoms with Gasteiger partial charge in [0.05, 0.1) is 4.21 Å². The molecule has 1 aliphatic heterocycles. The van der Waals surface area contributed by atoms with Crippen LogP contribution in [0.1, 0.15) is 35.9 Å². The highest BCUT2D eigenvalue weighted by Crippen LogP contribution is 2.34. The first-order valence-electron chi connectivity index (χ1n) is 9.35. The standard InChI is InChI=1S/C21H22N2O3S2/c1-14(24)22-15-8-10-23(11-9-15)21(25)20-17(13-28-19-7-4-12-27-19)16-5-2-3-6-18(16)26-20/h2-7,12,15H,8-11,13H2,1H3,(H,22,24). The Morgan fingerprint density at radius 2 is 2.00 bits per heavy atom. The first kappa shape index (κ1) is 19.1. The van der Waals surface area contributed by atoms with Crippen molar-refractivity contribution in [1.82, 2.24) is 10.2 Å². The Kier molecular flexibility index (Phi) is 5.73. The van der Waals surface area contributed by atoms with Crippen LogP contribution < -0.4 is 5.32 Å². The van der Waals surface area contributed by atoms with Crippen LogP contribution in [0.4, 0.5) is 0 Å². The number of thioether (sulfide) groups is 1. The summed E-state index contributed by atoms with van der Waals surface area (Å²) in [6, 6.07) is 12.1. The summed E-state index contributed by atoms with van der Waals surface area (Å²) in [7, 11) is 0. The molecule has 7 heteroatoms. The molecule has 0 aliphatic carbocycles. The number of hydrogen-bond acceptors (Lipinski definition) is 5. The lowest BCUT2D eigenvalue weighted by Crippen LogP contribution is -2.46. The second-order valence-corrected chi connectivity index (χ2v) is 9.12. The predicted octanol–water partition coefficient (Wildman–Crippen LogP) is 4.53. The molecule has 0 radical (unpaired) electrons. The van der Waals surface area contributed by atoms with Crippen molar-refractivity contribution in [3.63, 3.8) is 0 Å². The van der Waals surface area contributed by atoms with Crippen LogP contribution in [0.3, 0.4) is 0 Å². The van der Waals surface area contributed by atoms with Crippen molar-refractivity contribution < 1.29 is 14.0 Å². The summed E-state index contributed by atoms with van der Waals surface area (Å²) in [5.41, 5.74) is 1.71. The molecule has 2 amide bonds. The molecule has 1 fully saturated rings. The van der Waals surface area contributed by atoms with Crippen LogP contribution in [0.5, 0.6) is 0 Å². The number of piperidine rings is 1. The van der Waals surface area contributed by atoms with Gasteiger partial charge >= 0.3 is 0 Å². The van der Waals surface area contributed by atoms with Gasteiger partial charge in [0.2, 0.25) is 5.91 Å². The van der Waals surface area contributed by atoms with Crippen LogP contribution in [-0.2, 0) is 10.5 Å². The van der Waals surface area contributed by atoms with Gasteiger partial charge in [0.25, 0.3) is 5.91 Å². The van der Waals surface area contributed by atoms with Crippen LogP contribution in [0.2, 0.25) is 0 Å². The summed E-state index contributed by atoms with van der Waals surface area (Å²) in [4.78, 5) is 26.3. The number of nitrogens with zero attached hydrogens (tertiary/aromatic N) is 1. The topological polar surface area (TPSA) is 62.6 Å².